The van der Waals surface area contributed by atoms with Crippen LogP contribution in [0.1, 0.15) is 27.4 Å². The molecular weight excluding hydrogens is 368 g/mol. The number of carbonyl (C=O) groups is 2. The maximum Gasteiger partial charge on any atom is 0.251 e. The Hall–Kier alpha value is -3.80. The first-order valence-electron chi connectivity index (χ1n) is 9.19. The second-order valence-corrected chi connectivity index (χ2v) is 6.59. The Bertz CT molecular complexity index is 1050. The lowest BCUT2D eigenvalue weighted by molar-refractivity contribution is -0.116. The molecule has 6 nitrogen and oxygen atoms in total. The van der Waals surface area contributed by atoms with Crippen LogP contribution in [0, 0.1) is 0 Å². The molecule has 6 heteroatoms. The average Bonchev–Trinajstić information content (AvgIpc) is 2.76. The van der Waals surface area contributed by atoms with Gasteiger partial charge in [0.15, 0.2) is 0 Å². The first-order valence-corrected chi connectivity index (χ1v) is 9.19. The molecule has 2 N–H and O–H groups in total. The molecule has 0 fully saturated rings. The van der Waals surface area contributed by atoms with Gasteiger partial charge in [0.2, 0.25) is 5.91 Å². The summed E-state index contributed by atoms with van der Waals surface area (Å²) < 4.78 is 11.3. The number of methoxy groups -OCH3 is 1. The maximum absolute atomic E-state index is 13.4. The van der Waals surface area contributed by atoms with Crippen LogP contribution >= 0.6 is 0 Å². The fraction of sp³-hybridized carbons (Fsp3) is 0.130. The third-order valence-corrected chi connectivity index (χ3v) is 4.89. The van der Waals surface area contributed by atoms with Crippen molar-refractivity contribution in [3.8, 4) is 17.2 Å². The molecule has 1 aliphatic heterocycles. The minimum absolute atomic E-state index is 0.236. The number of hydrogen-bond acceptors (Lipinski definition) is 4. The van der Waals surface area contributed by atoms with Gasteiger partial charge in [0.1, 0.15) is 17.2 Å². The predicted molar refractivity (Wildman–Crippen MR) is 110 cm³/mol. The molecular formula is C23H20N2O4. The first kappa shape index (κ1) is 18.6. The number of benzene rings is 3. The van der Waals surface area contributed by atoms with Gasteiger partial charge in [-0.1, -0.05) is 36.4 Å². The Morgan fingerprint density at radius 2 is 1.55 bits per heavy atom. The van der Waals surface area contributed by atoms with E-state index < -0.39 is 5.92 Å². The van der Waals surface area contributed by atoms with E-state index in [1.807, 2.05) is 48.5 Å². The van der Waals surface area contributed by atoms with E-state index in [-0.39, 0.29) is 11.8 Å². The molecule has 3 aromatic carbocycles. The van der Waals surface area contributed by atoms with Crippen LogP contribution in [0.5, 0.6) is 17.2 Å². The molecule has 4 rings (SSSR count). The number of amides is 2. The Kier molecular flexibility index (Phi) is 4.91. The maximum atomic E-state index is 13.4. The molecule has 0 aromatic heterocycles. The molecule has 0 spiro atoms. The number of hydrogen-bond donors (Lipinski definition) is 2. The van der Waals surface area contributed by atoms with Gasteiger partial charge in [-0.05, 0) is 30.3 Å². The number of anilines is 1. The van der Waals surface area contributed by atoms with E-state index in [1.165, 1.54) is 7.11 Å². The van der Waals surface area contributed by atoms with Crippen LogP contribution in [-0.2, 0) is 4.79 Å². The summed E-state index contributed by atoms with van der Waals surface area (Å²) in [5.74, 6) is 0.740. The Labute approximate surface area is 168 Å². The third kappa shape index (κ3) is 3.40. The highest BCUT2D eigenvalue weighted by atomic mass is 16.5. The van der Waals surface area contributed by atoms with Gasteiger partial charge < -0.3 is 20.1 Å². The summed E-state index contributed by atoms with van der Waals surface area (Å²) in [5, 5.41) is 5.51. The molecule has 0 saturated heterocycles. The lowest BCUT2D eigenvalue weighted by Gasteiger charge is -2.27. The second kappa shape index (κ2) is 7.67. The minimum Gasteiger partial charge on any atom is -0.495 e. The van der Waals surface area contributed by atoms with E-state index >= 15 is 0 Å². The summed E-state index contributed by atoms with van der Waals surface area (Å²) in [6, 6.07) is 19.9. The van der Waals surface area contributed by atoms with E-state index in [0.29, 0.717) is 28.5 Å². The zero-order valence-electron chi connectivity index (χ0n) is 16.1. The van der Waals surface area contributed by atoms with Crippen molar-refractivity contribution in [1.29, 1.82) is 0 Å². The van der Waals surface area contributed by atoms with Crippen molar-refractivity contribution >= 4 is 17.5 Å². The Morgan fingerprint density at radius 3 is 2.14 bits per heavy atom. The van der Waals surface area contributed by atoms with Crippen LogP contribution in [0.25, 0.3) is 0 Å². The van der Waals surface area contributed by atoms with Crippen molar-refractivity contribution in [2.45, 2.75) is 5.92 Å². The number of fused-ring (bicyclic) bond motifs is 2. The van der Waals surface area contributed by atoms with Crippen LogP contribution in [0.4, 0.5) is 5.69 Å². The van der Waals surface area contributed by atoms with Gasteiger partial charge >= 0.3 is 0 Å². The topological polar surface area (TPSA) is 76.7 Å². The molecule has 0 aliphatic carbocycles. The molecule has 0 atom stereocenters. The molecule has 0 bridgehead atoms. The zero-order valence-corrected chi connectivity index (χ0v) is 16.1. The van der Waals surface area contributed by atoms with Crippen LogP contribution in [0.2, 0.25) is 0 Å². The van der Waals surface area contributed by atoms with Crippen molar-refractivity contribution in [2.24, 2.45) is 0 Å². The van der Waals surface area contributed by atoms with Gasteiger partial charge in [0, 0.05) is 23.7 Å². The van der Waals surface area contributed by atoms with Crippen molar-refractivity contribution < 1.29 is 19.1 Å². The normalized spacial score (nSPS) is 12.2. The van der Waals surface area contributed by atoms with Crippen molar-refractivity contribution in [3.63, 3.8) is 0 Å². The number of rotatable bonds is 4. The van der Waals surface area contributed by atoms with Crippen molar-refractivity contribution in [1.82, 2.24) is 5.32 Å². The molecule has 0 saturated carbocycles. The highest BCUT2D eigenvalue weighted by molar-refractivity contribution is 6.02. The van der Waals surface area contributed by atoms with E-state index in [9.17, 15) is 9.59 Å². The standard InChI is InChI=1S/C23H20N2O4/c1-24-22(26)14-11-12-20(28-2)17(13-14)25-23(27)21-15-7-3-5-9-18(15)29-19-10-6-4-8-16(19)21/h3-13,21H,1-2H3,(H,24,26)(H,25,27). The van der Waals surface area contributed by atoms with Crippen LogP contribution < -0.4 is 20.1 Å². The van der Waals surface area contributed by atoms with Gasteiger partial charge in [-0.25, -0.2) is 0 Å². The summed E-state index contributed by atoms with van der Waals surface area (Å²) in [4.78, 5) is 25.4. The van der Waals surface area contributed by atoms with Gasteiger partial charge in [0.25, 0.3) is 5.91 Å². The third-order valence-electron chi connectivity index (χ3n) is 4.89. The summed E-state index contributed by atoms with van der Waals surface area (Å²) >= 11 is 0. The average molecular weight is 388 g/mol. The SMILES string of the molecule is CNC(=O)c1ccc(OC)c(NC(=O)C2c3ccccc3Oc3ccccc32)c1. The van der Waals surface area contributed by atoms with Gasteiger partial charge in [-0.15, -0.1) is 0 Å². The van der Waals surface area contributed by atoms with Gasteiger partial charge in [-0.2, -0.15) is 0 Å². The van der Waals surface area contributed by atoms with E-state index in [4.69, 9.17) is 9.47 Å². The molecule has 29 heavy (non-hydrogen) atoms. The van der Waals surface area contributed by atoms with E-state index in [1.54, 1.807) is 25.2 Å². The fourth-order valence-corrected chi connectivity index (χ4v) is 3.49. The van der Waals surface area contributed by atoms with Gasteiger partial charge in [-0.3, -0.25) is 9.59 Å². The molecule has 2 amide bonds. The highest BCUT2D eigenvalue weighted by Crippen LogP contribution is 2.44. The number of nitrogens with one attached hydrogen (secondary N) is 2. The zero-order chi connectivity index (χ0) is 20.4. The van der Waals surface area contributed by atoms with Crippen molar-refractivity contribution in [3.05, 3.63) is 83.4 Å². The first-order chi connectivity index (χ1) is 14.1. The van der Waals surface area contributed by atoms with E-state index in [2.05, 4.69) is 10.6 Å². The Morgan fingerprint density at radius 1 is 0.931 bits per heavy atom. The van der Waals surface area contributed by atoms with Crippen LogP contribution in [0.15, 0.2) is 66.7 Å². The van der Waals surface area contributed by atoms with E-state index in [0.717, 1.165) is 11.1 Å². The molecule has 1 heterocycles. The summed E-state index contributed by atoms with van der Waals surface area (Å²) in [6.45, 7) is 0. The Balaban J connectivity index is 1.74. The summed E-state index contributed by atoms with van der Waals surface area (Å²) in [7, 11) is 3.07. The monoisotopic (exact) mass is 388 g/mol. The van der Waals surface area contributed by atoms with Gasteiger partial charge in [0.05, 0.1) is 18.7 Å². The summed E-state index contributed by atoms with van der Waals surface area (Å²) in [6.07, 6.45) is 0. The largest absolute Gasteiger partial charge is 0.495 e. The number of para-hydroxylation sites is 2. The number of carbonyl (C=O) groups excluding carboxylic acids is 2. The van der Waals surface area contributed by atoms with Crippen LogP contribution in [-0.4, -0.2) is 26.0 Å². The van der Waals surface area contributed by atoms with Crippen molar-refractivity contribution in [2.75, 3.05) is 19.5 Å². The predicted octanol–water partition coefficient (Wildman–Crippen LogP) is 3.93. The lowest BCUT2D eigenvalue weighted by Crippen LogP contribution is -2.25. The highest BCUT2D eigenvalue weighted by Gasteiger charge is 2.32. The lowest BCUT2D eigenvalue weighted by atomic mass is 9.87. The molecule has 0 radical (unpaired) electrons. The fourth-order valence-electron chi connectivity index (χ4n) is 3.49. The molecule has 3 aromatic rings. The van der Waals surface area contributed by atoms with Crippen LogP contribution in [0.3, 0.4) is 0 Å². The summed E-state index contributed by atoms with van der Waals surface area (Å²) in [5.41, 5.74) is 2.42. The minimum atomic E-state index is -0.551. The quantitative estimate of drug-likeness (QED) is 0.710. The molecule has 146 valence electrons. The number of ether oxygens (including phenoxy) is 2. The second-order valence-electron chi connectivity index (χ2n) is 6.59. The molecule has 1 aliphatic rings. The molecule has 0 unspecified atom stereocenters. The smallest absolute Gasteiger partial charge is 0.251 e.